The summed E-state index contributed by atoms with van der Waals surface area (Å²) < 4.78 is 0. The molecule has 1 atom stereocenters. The summed E-state index contributed by atoms with van der Waals surface area (Å²) in [6.45, 7) is 2.94. The lowest BCUT2D eigenvalue weighted by Gasteiger charge is -2.14. The molecule has 0 saturated carbocycles. The highest BCUT2D eigenvalue weighted by atomic mass is 15.2. The lowest BCUT2D eigenvalue weighted by atomic mass is 10.1. The molecule has 3 heteroatoms. The third kappa shape index (κ3) is 2.56. The van der Waals surface area contributed by atoms with E-state index in [4.69, 9.17) is 11.0 Å². The topological polar surface area (TPSA) is 53.0 Å². The van der Waals surface area contributed by atoms with Gasteiger partial charge in [-0.2, -0.15) is 5.26 Å². The molecule has 1 fully saturated rings. The van der Waals surface area contributed by atoms with Crippen LogP contribution in [0.3, 0.4) is 0 Å². The fourth-order valence-corrected chi connectivity index (χ4v) is 2.00. The summed E-state index contributed by atoms with van der Waals surface area (Å²) in [7, 11) is 0. The predicted molar refractivity (Wildman–Crippen MR) is 59.0 cm³/mol. The van der Waals surface area contributed by atoms with Crippen LogP contribution < -0.4 is 5.73 Å². The smallest absolute Gasteiger partial charge is 0.0991 e. The summed E-state index contributed by atoms with van der Waals surface area (Å²) >= 11 is 0. The zero-order chi connectivity index (χ0) is 10.7. The molecule has 0 spiro atoms. The average Bonchev–Trinajstić information content (AvgIpc) is 2.64. The van der Waals surface area contributed by atoms with E-state index in [9.17, 15) is 0 Å². The van der Waals surface area contributed by atoms with Crippen molar-refractivity contribution in [3.8, 4) is 6.07 Å². The molecule has 1 heterocycles. The Hall–Kier alpha value is -1.37. The molecule has 0 unspecified atom stereocenters. The van der Waals surface area contributed by atoms with Gasteiger partial charge in [0.25, 0.3) is 0 Å². The summed E-state index contributed by atoms with van der Waals surface area (Å²) in [6, 6.07) is 10.3. The van der Waals surface area contributed by atoms with E-state index in [2.05, 4.69) is 17.0 Å². The van der Waals surface area contributed by atoms with Crippen LogP contribution in [0, 0.1) is 11.3 Å². The zero-order valence-electron chi connectivity index (χ0n) is 8.69. The first-order chi connectivity index (χ1) is 7.28. The number of rotatable bonds is 2. The second-order valence-corrected chi connectivity index (χ2v) is 4.10. The van der Waals surface area contributed by atoms with Crippen LogP contribution in [-0.4, -0.2) is 24.0 Å². The van der Waals surface area contributed by atoms with E-state index in [0.29, 0.717) is 6.04 Å². The second-order valence-electron chi connectivity index (χ2n) is 4.10. The maximum absolute atomic E-state index is 8.78. The molecule has 3 nitrogen and oxygen atoms in total. The SMILES string of the molecule is N#Cc1cccc(CN2CC[C@H](N)C2)c1. The van der Waals surface area contributed by atoms with Gasteiger partial charge in [0, 0.05) is 25.7 Å². The van der Waals surface area contributed by atoms with Crippen molar-refractivity contribution in [2.75, 3.05) is 13.1 Å². The number of nitriles is 1. The van der Waals surface area contributed by atoms with Crippen molar-refractivity contribution in [1.29, 1.82) is 5.26 Å². The minimum atomic E-state index is 0.323. The minimum absolute atomic E-state index is 0.323. The molecular formula is C12H15N3. The molecule has 15 heavy (non-hydrogen) atoms. The van der Waals surface area contributed by atoms with Crippen LogP contribution in [0.2, 0.25) is 0 Å². The zero-order valence-corrected chi connectivity index (χ0v) is 8.69. The first kappa shape index (κ1) is 10.2. The third-order valence-corrected chi connectivity index (χ3v) is 2.77. The maximum atomic E-state index is 8.78. The Bertz CT molecular complexity index is 381. The van der Waals surface area contributed by atoms with Gasteiger partial charge in [0.1, 0.15) is 0 Å². The fraction of sp³-hybridized carbons (Fsp3) is 0.417. The number of likely N-dealkylation sites (tertiary alicyclic amines) is 1. The van der Waals surface area contributed by atoms with Gasteiger partial charge < -0.3 is 5.73 Å². The van der Waals surface area contributed by atoms with Crippen molar-refractivity contribution >= 4 is 0 Å². The summed E-state index contributed by atoms with van der Waals surface area (Å²) in [5.74, 6) is 0. The van der Waals surface area contributed by atoms with Crippen LogP contribution in [0.4, 0.5) is 0 Å². The lowest BCUT2D eigenvalue weighted by Crippen LogP contribution is -2.26. The van der Waals surface area contributed by atoms with Crippen molar-refractivity contribution in [3.63, 3.8) is 0 Å². The minimum Gasteiger partial charge on any atom is -0.326 e. The Balaban J connectivity index is 2.02. The van der Waals surface area contributed by atoms with Crippen molar-refractivity contribution in [3.05, 3.63) is 35.4 Å². The highest BCUT2D eigenvalue weighted by Crippen LogP contribution is 2.13. The number of hydrogen-bond acceptors (Lipinski definition) is 3. The Morgan fingerprint density at radius 2 is 2.40 bits per heavy atom. The second kappa shape index (κ2) is 4.43. The molecular weight excluding hydrogens is 186 g/mol. The van der Waals surface area contributed by atoms with Crippen LogP contribution >= 0.6 is 0 Å². The average molecular weight is 201 g/mol. The van der Waals surface area contributed by atoms with E-state index < -0.39 is 0 Å². The van der Waals surface area contributed by atoms with E-state index in [-0.39, 0.29) is 0 Å². The van der Waals surface area contributed by atoms with Crippen LogP contribution in [0.15, 0.2) is 24.3 Å². The van der Waals surface area contributed by atoms with Crippen molar-refractivity contribution in [1.82, 2.24) is 4.90 Å². The Morgan fingerprint density at radius 1 is 1.53 bits per heavy atom. The number of nitrogens with zero attached hydrogens (tertiary/aromatic N) is 2. The van der Waals surface area contributed by atoms with Gasteiger partial charge in [-0.25, -0.2) is 0 Å². The summed E-state index contributed by atoms with van der Waals surface area (Å²) in [6.07, 6.45) is 1.08. The quantitative estimate of drug-likeness (QED) is 0.779. The largest absolute Gasteiger partial charge is 0.326 e. The molecule has 2 N–H and O–H groups in total. The Kier molecular flexibility index (Phi) is 3.00. The van der Waals surface area contributed by atoms with Crippen LogP contribution in [0.1, 0.15) is 17.5 Å². The monoisotopic (exact) mass is 201 g/mol. The first-order valence-corrected chi connectivity index (χ1v) is 5.25. The highest BCUT2D eigenvalue weighted by molar-refractivity contribution is 5.32. The molecule has 1 saturated heterocycles. The van der Waals surface area contributed by atoms with E-state index in [1.807, 2.05) is 18.2 Å². The molecule has 0 radical (unpaired) electrons. The van der Waals surface area contributed by atoms with E-state index in [1.165, 1.54) is 5.56 Å². The molecule has 0 bridgehead atoms. The Morgan fingerprint density at radius 3 is 3.07 bits per heavy atom. The van der Waals surface area contributed by atoms with Gasteiger partial charge in [-0.1, -0.05) is 12.1 Å². The molecule has 1 aliphatic rings. The molecule has 0 aromatic heterocycles. The maximum Gasteiger partial charge on any atom is 0.0991 e. The van der Waals surface area contributed by atoms with Gasteiger partial charge in [-0.05, 0) is 24.1 Å². The number of hydrogen-bond donors (Lipinski definition) is 1. The van der Waals surface area contributed by atoms with Gasteiger partial charge in [-0.15, -0.1) is 0 Å². The van der Waals surface area contributed by atoms with Crippen molar-refractivity contribution < 1.29 is 0 Å². The molecule has 78 valence electrons. The molecule has 0 amide bonds. The predicted octanol–water partition coefficient (Wildman–Crippen LogP) is 1.09. The van der Waals surface area contributed by atoms with Gasteiger partial charge in [-0.3, -0.25) is 4.90 Å². The van der Waals surface area contributed by atoms with Gasteiger partial charge in [0.15, 0.2) is 0 Å². The van der Waals surface area contributed by atoms with E-state index in [0.717, 1.165) is 31.6 Å². The van der Waals surface area contributed by atoms with Crippen molar-refractivity contribution in [2.24, 2.45) is 5.73 Å². The summed E-state index contributed by atoms with van der Waals surface area (Å²) in [4.78, 5) is 2.33. The first-order valence-electron chi connectivity index (χ1n) is 5.25. The Labute approximate surface area is 90.1 Å². The van der Waals surface area contributed by atoms with E-state index >= 15 is 0 Å². The van der Waals surface area contributed by atoms with Crippen LogP contribution in [0.5, 0.6) is 0 Å². The summed E-state index contributed by atoms with van der Waals surface area (Å²) in [5, 5.41) is 8.78. The molecule has 1 aromatic rings. The number of benzene rings is 1. The normalized spacial score (nSPS) is 21.5. The molecule has 2 rings (SSSR count). The molecule has 1 aromatic carbocycles. The third-order valence-electron chi connectivity index (χ3n) is 2.77. The highest BCUT2D eigenvalue weighted by Gasteiger charge is 2.18. The van der Waals surface area contributed by atoms with E-state index in [1.54, 1.807) is 0 Å². The standard InChI is InChI=1S/C12H15N3/c13-7-10-2-1-3-11(6-10)8-15-5-4-12(14)9-15/h1-3,6,12H,4-5,8-9,14H2/t12-/m0/s1. The van der Waals surface area contributed by atoms with Crippen LogP contribution in [0.25, 0.3) is 0 Å². The number of nitrogens with two attached hydrogens (primary N) is 1. The van der Waals surface area contributed by atoms with Crippen LogP contribution in [-0.2, 0) is 6.54 Å². The van der Waals surface area contributed by atoms with Gasteiger partial charge in [0.2, 0.25) is 0 Å². The van der Waals surface area contributed by atoms with Gasteiger partial charge in [0.05, 0.1) is 11.6 Å². The fourth-order valence-electron chi connectivity index (χ4n) is 2.00. The lowest BCUT2D eigenvalue weighted by molar-refractivity contribution is 0.327. The van der Waals surface area contributed by atoms with Crippen molar-refractivity contribution in [2.45, 2.75) is 19.0 Å². The van der Waals surface area contributed by atoms with Gasteiger partial charge >= 0.3 is 0 Å². The summed E-state index contributed by atoms with van der Waals surface area (Å²) in [5.41, 5.74) is 7.77. The molecule has 0 aliphatic carbocycles. The molecule has 1 aliphatic heterocycles.